The number of hydrogen-bond donors (Lipinski definition) is 1. The third-order valence-electron chi connectivity index (χ3n) is 3.79. The SMILES string of the molecule is CSCc1cc(C(=O)N(CCN)CCc2ccccc2)ccc1F.Cl. The van der Waals surface area contributed by atoms with E-state index in [-0.39, 0.29) is 24.1 Å². The fourth-order valence-electron chi connectivity index (χ4n) is 2.54. The van der Waals surface area contributed by atoms with Crippen LogP contribution in [0.1, 0.15) is 21.5 Å². The summed E-state index contributed by atoms with van der Waals surface area (Å²) in [7, 11) is 0. The maximum absolute atomic E-state index is 13.8. The smallest absolute Gasteiger partial charge is 0.253 e. The van der Waals surface area contributed by atoms with E-state index in [1.807, 2.05) is 36.6 Å². The van der Waals surface area contributed by atoms with Crippen LogP contribution in [0.25, 0.3) is 0 Å². The van der Waals surface area contributed by atoms with E-state index in [4.69, 9.17) is 5.73 Å². The van der Waals surface area contributed by atoms with Gasteiger partial charge in [-0.3, -0.25) is 4.79 Å². The number of amides is 1. The molecule has 0 radical (unpaired) electrons. The van der Waals surface area contributed by atoms with Crippen LogP contribution in [0.5, 0.6) is 0 Å². The van der Waals surface area contributed by atoms with Gasteiger partial charge in [0.15, 0.2) is 0 Å². The third-order valence-corrected chi connectivity index (χ3v) is 4.39. The predicted molar refractivity (Wildman–Crippen MR) is 106 cm³/mol. The Hall–Kier alpha value is -1.56. The van der Waals surface area contributed by atoms with Crippen LogP contribution in [0.2, 0.25) is 0 Å². The van der Waals surface area contributed by atoms with E-state index >= 15 is 0 Å². The molecule has 25 heavy (non-hydrogen) atoms. The van der Waals surface area contributed by atoms with Gasteiger partial charge >= 0.3 is 0 Å². The predicted octanol–water partition coefficient (Wildman–Crippen LogP) is 3.75. The molecule has 2 aromatic rings. The summed E-state index contributed by atoms with van der Waals surface area (Å²) in [6.45, 7) is 1.48. The van der Waals surface area contributed by atoms with E-state index < -0.39 is 0 Å². The first-order valence-electron chi connectivity index (χ1n) is 7.96. The zero-order valence-electron chi connectivity index (χ0n) is 14.3. The molecule has 0 saturated heterocycles. The maximum Gasteiger partial charge on any atom is 0.253 e. The minimum absolute atomic E-state index is 0. The minimum atomic E-state index is -0.268. The van der Waals surface area contributed by atoms with Gasteiger partial charge in [0.2, 0.25) is 0 Å². The number of carbonyl (C=O) groups is 1. The van der Waals surface area contributed by atoms with Gasteiger partial charge in [0.05, 0.1) is 0 Å². The van der Waals surface area contributed by atoms with Crippen LogP contribution in [0.15, 0.2) is 48.5 Å². The lowest BCUT2D eigenvalue weighted by atomic mass is 10.1. The highest BCUT2D eigenvalue weighted by Gasteiger charge is 2.16. The van der Waals surface area contributed by atoms with Crippen molar-refractivity contribution in [2.45, 2.75) is 12.2 Å². The molecule has 1 amide bonds. The van der Waals surface area contributed by atoms with E-state index in [2.05, 4.69) is 0 Å². The highest BCUT2D eigenvalue weighted by molar-refractivity contribution is 7.97. The molecule has 0 heterocycles. The van der Waals surface area contributed by atoms with Crippen molar-refractivity contribution in [2.75, 3.05) is 25.9 Å². The molecule has 0 spiro atoms. The topological polar surface area (TPSA) is 46.3 Å². The summed E-state index contributed by atoms with van der Waals surface area (Å²) in [6, 6.07) is 14.6. The lowest BCUT2D eigenvalue weighted by Crippen LogP contribution is -2.37. The third kappa shape index (κ3) is 6.34. The molecule has 3 nitrogen and oxygen atoms in total. The van der Waals surface area contributed by atoms with Crippen molar-refractivity contribution >= 4 is 30.1 Å². The Morgan fingerprint density at radius 3 is 2.52 bits per heavy atom. The highest BCUT2D eigenvalue weighted by atomic mass is 35.5. The van der Waals surface area contributed by atoms with E-state index in [1.54, 1.807) is 17.0 Å². The second-order valence-electron chi connectivity index (χ2n) is 5.56. The molecule has 0 aliphatic rings. The number of benzene rings is 2. The van der Waals surface area contributed by atoms with E-state index in [0.29, 0.717) is 36.5 Å². The Morgan fingerprint density at radius 1 is 1.16 bits per heavy atom. The molecule has 2 rings (SSSR count). The molecule has 0 unspecified atom stereocenters. The van der Waals surface area contributed by atoms with Crippen LogP contribution in [0.3, 0.4) is 0 Å². The number of hydrogen-bond acceptors (Lipinski definition) is 3. The number of halogens is 2. The fourth-order valence-corrected chi connectivity index (χ4v) is 3.07. The maximum atomic E-state index is 13.8. The van der Waals surface area contributed by atoms with Crippen LogP contribution in [-0.2, 0) is 12.2 Å². The standard InChI is InChI=1S/C19H23FN2OS.ClH/c1-24-14-17-13-16(7-8-18(17)20)19(23)22(12-10-21)11-9-15-5-3-2-4-6-15;/h2-8,13H,9-12,14,21H2,1H3;1H. The molecule has 2 N–H and O–H groups in total. The highest BCUT2D eigenvalue weighted by Crippen LogP contribution is 2.17. The van der Waals surface area contributed by atoms with Crippen molar-refractivity contribution in [3.63, 3.8) is 0 Å². The Bertz CT molecular complexity index is 670. The van der Waals surface area contributed by atoms with Crippen molar-refractivity contribution in [3.8, 4) is 0 Å². The largest absolute Gasteiger partial charge is 0.337 e. The van der Waals surface area contributed by atoms with Crippen molar-refractivity contribution in [3.05, 3.63) is 71.0 Å². The minimum Gasteiger partial charge on any atom is -0.337 e. The van der Waals surface area contributed by atoms with Crippen molar-refractivity contribution in [1.29, 1.82) is 0 Å². The summed E-state index contributed by atoms with van der Waals surface area (Å²) < 4.78 is 13.8. The Balaban J connectivity index is 0.00000312. The van der Waals surface area contributed by atoms with Crippen molar-refractivity contribution < 1.29 is 9.18 Å². The molecule has 0 aliphatic carbocycles. The van der Waals surface area contributed by atoms with Gasteiger partial charge in [-0.15, -0.1) is 12.4 Å². The first-order valence-corrected chi connectivity index (χ1v) is 9.35. The Morgan fingerprint density at radius 2 is 1.88 bits per heavy atom. The van der Waals surface area contributed by atoms with Gasteiger partial charge in [-0.2, -0.15) is 11.8 Å². The number of nitrogens with zero attached hydrogens (tertiary/aromatic N) is 1. The number of carbonyl (C=O) groups excluding carboxylic acids is 1. The second-order valence-corrected chi connectivity index (χ2v) is 6.42. The summed E-state index contributed by atoms with van der Waals surface area (Å²) in [5.41, 5.74) is 7.91. The fraction of sp³-hybridized carbons (Fsp3) is 0.316. The molecule has 0 fully saturated rings. The van der Waals surface area contributed by atoms with Gasteiger partial charge in [0, 0.05) is 31.0 Å². The summed E-state index contributed by atoms with van der Waals surface area (Å²) in [5.74, 6) is 0.183. The molecule has 0 saturated carbocycles. The Kier molecular flexibility index (Phi) is 9.57. The van der Waals surface area contributed by atoms with Crippen molar-refractivity contribution in [1.82, 2.24) is 4.90 Å². The van der Waals surface area contributed by atoms with Crippen LogP contribution < -0.4 is 5.73 Å². The quantitative estimate of drug-likeness (QED) is 0.756. The zero-order chi connectivity index (χ0) is 17.4. The number of rotatable bonds is 8. The summed E-state index contributed by atoms with van der Waals surface area (Å²) in [4.78, 5) is 14.5. The summed E-state index contributed by atoms with van der Waals surface area (Å²) in [5, 5.41) is 0. The first-order chi connectivity index (χ1) is 11.7. The van der Waals surface area contributed by atoms with E-state index in [1.165, 1.54) is 23.4 Å². The van der Waals surface area contributed by atoms with Gasteiger partial charge in [-0.05, 0) is 42.0 Å². The van der Waals surface area contributed by atoms with Gasteiger partial charge < -0.3 is 10.6 Å². The summed E-state index contributed by atoms with van der Waals surface area (Å²) >= 11 is 1.53. The van der Waals surface area contributed by atoms with Crippen LogP contribution in [-0.4, -0.2) is 36.7 Å². The van der Waals surface area contributed by atoms with Gasteiger partial charge in [0.25, 0.3) is 5.91 Å². The van der Waals surface area contributed by atoms with E-state index in [0.717, 1.165) is 6.42 Å². The first kappa shape index (κ1) is 21.5. The zero-order valence-corrected chi connectivity index (χ0v) is 15.9. The molecular weight excluding hydrogens is 359 g/mol. The molecular formula is C19H24ClFN2OS. The molecule has 0 aromatic heterocycles. The summed E-state index contributed by atoms with van der Waals surface area (Å²) in [6.07, 6.45) is 2.68. The second kappa shape index (κ2) is 11.1. The Labute approximate surface area is 159 Å². The van der Waals surface area contributed by atoms with Crippen LogP contribution >= 0.6 is 24.2 Å². The van der Waals surface area contributed by atoms with Gasteiger partial charge in [-0.25, -0.2) is 4.39 Å². The van der Waals surface area contributed by atoms with Crippen LogP contribution in [0.4, 0.5) is 4.39 Å². The van der Waals surface area contributed by atoms with Crippen LogP contribution in [0, 0.1) is 5.82 Å². The van der Waals surface area contributed by atoms with E-state index in [9.17, 15) is 9.18 Å². The molecule has 2 aromatic carbocycles. The molecule has 0 atom stereocenters. The van der Waals surface area contributed by atoms with Gasteiger partial charge in [0.1, 0.15) is 5.82 Å². The lowest BCUT2D eigenvalue weighted by Gasteiger charge is -2.22. The number of nitrogens with two attached hydrogens (primary N) is 1. The average Bonchev–Trinajstić information content (AvgIpc) is 2.61. The molecule has 136 valence electrons. The molecule has 0 aliphatic heterocycles. The molecule has 6 heteroatoms. The number of thioether (sulfide) groups is 1. The lowest BCUT2D eigenvalue weighted by molar-refractivity contribution is 0.0762. The average molecular weight is 383 g/mol. The normalized spacial score (nSPS) is 10.2. The van der Waals surface area contributed by atoms with Crippen molar-refractivity contribution in [2.24, 2.45) is 5.73 Å². The molecule has 0 bridgehead atoms. The monoisotopic (exact) mass is 382 g/mol. The van der Waals surface area contributed by atoms with Gasteiger partial charge in [-0.1, -0.05) is 30.3 Å².